The van der Waals surface area contributed by atoms with Crippen LogP contribution in [0.1, 0.15) is 43.4 Å². The second-order valence-electron chi connectivity index (χ2n) is 4.96. The SMILES string of the molecule is CCCCCN(C)C(CN)c1cc(C)ccc1F. The quantitative estimate of drug-likeness (QED) is 0.755. The van der Waals surface area contributed by atoms with Gasteiger partial charge in [-0.3, -0.25) is 4.90 Å². The van der Waals surface area contributed by atoms with Crippen molar-refractivity contribution in [3.63, 3.8) is 0 Å². The van der Waals surface area contributed by atoms with Gasteiger partial charge in [0.1, 0.15) is 5.82 Å². The first kappa shape index (κ1) is 15.1. The van der Waals surface area contributed by atoms with Gasteiger partial charge in [0, 0.05) is 18.2 Å². The molecular weight excluding hydrogens is 227 g/mol. The predicted octanol–water partition coefficient (Wildman–Crippen LogP) is 3.26. The maximum Gasteiger partial charge on any atom is 0.128 e. The molecule has 0 radical (unpaired) electrons. The van der Waals surface area contributed by atoms with Crippen LogP contribution in [0.2, 0.25) is 0 Å². The summed E-state index contributed by atoms with van der Waals surface area (Å²) in [5.41, 5.74) is 7.62. The van der Waals surface area contributed by atoms with E-state index in [0.29, 0.717) is 6.54 Å². The van der Waals surface area contributed by atoms with Gasteiger partial charge in [-0.2, -0.15) is 0 Å². The molecule has 3 heteroatoms. The Bertz CT molecular complexity index is 366. The average Bonchev–Trinajstić information content (AvgIpc) is 2.35. The minimum absolute atomic E-state index is 0.0262. The fourth-order valence-corrected chi connectivity index (χ4v) is 2.23. The van der Waals surface area contributed by atoms with Gasteiger partial charge in [-0.15, -0.1) is 0 Å². The lowest BCUT2D eigenvalue weighted by Crippen LogP contribution is -2.32. The van der Waals surface area contributed by atoms with Crippen molar-refractivity contribution >= 4 is 0 Å². The fraction of sp³-hybridized carbons (Fsp3) is 0.600. The number of likely N-dealkylation sites (N-methyl/N-ethyl adjacent to an activating group) is 1. The maximum atomic E-state index is 13.9. The van der Waals surface area contributed by atoms with E-state index in [-0.39, 0.29) is 11.9 Å². The lowest BCUT2D eigenvalue weighted by molar-refractivity contribution is 0.240. The van der Waals surface area contributed by atoms with Gasteiger partial charge < -0.3 is 5.73 Å². The standard InChI is InChI=1S/C15H25FN2/c1-4-5-6-9-18(3)15(11-17)13-10-12(2)7-8-14(13)16/h7-8,10,15H,4-6,9,11,17H2,1-3H3. The Morgan fingerprint density at radius 1 is 1.33 bits per heavy atom. The zero-order chi connectivity index (χ0) is 13.5. The third-order valence-electron chi connectivity index (χ3n) is 3.38. The van der Waals surface area contributed by atoms with Gasteiger partial charge in [-0.1, -0.05) is 37.5 Å². The number of aryl methyl sites for hydroxylation is 1. The molecule has 0 saturated heterocycles. The van der Waals surface area contributed by atoms with Crippen LogP contribution in [0.3, 0.4) is 0 Å². The number of benzene rings is 1. The molecule has 0 fully saturated rings. The third-order valence-corrected chi connectivity index (χ3v) is 3.38. The molecule has 1 unspecified atom stereocenters. The van der Waals surface area contributed by atoms with Crippen LogP contribution in [0, 0.1) is 12.7 Å². The first-order chi connectivity index (χ1) is 8.60. The summed E-state index contributed by atoms with van der Waals surface area (Å²) in [7, 11) is 2.02. The summed E-state index contributed by atoms with van der Waals surface area (Å²) in [4.78, 5) is 2.16. The molecule has 1 aromatic rings. The molecule has 0 bridgehead atoms. The van der Waals surface area contributed by atoms with Gasteiger partial charge in [0.05, 0.1) is 0 Å². The fourth-order valence-electron chi connectivity index (χ4n) is 2.23. The summed E-state index contributed by atoms with van der Waals surface area (Å²) in [5, 5.41) is 0. The maximum absolute atomic E-state index is 13.9. The average molecular weight is 252 g/mol. The van der Waals surface area contributed by atoms with Crippen LogP contribution in [0.4, 0.5) is 4.39 Å². The molecule has 1 atom stereocenters. The van der Waals surface area contributed by atoms with Crippen molar-refractivity contribution in [1.29, 1.82) is 0 Å². The van der Waals surface area contributed by atoms with Crippen molar-refractivity contribution in [2.24, 2.45) is 5.73 Å². The topological polar surface area (TPSA) is 29.3 Å². The molecule has 0 amide bonds. The van der Waals surface area contributed by atoms with E-state index in [0.717, 1.165) is 24.1 Å². The van der Waals surface area contributed by atoms with Gasteiger partial charge in [-0.25, -0.2) is 4.39 Å². The number of rotatable bonds is 7. The van der Waals surface area contributed by atoms with Crippen molar-refractivity contribution in [1.82, 2.24) is 4.90 Å². The predicted molar refractivity (Wildman–Crippen MR) is 75.1 cm³/mol. The van der Waals surface area contributed by atoms with E-state index in [1.54, 1.807) is 6.07 Å². The van der Waals surface area contributed by atoms with Crippen molar-refractivity contribution < 1.29 is 4.39 Å². The van der Waals surface area contributed by atoms with Crippen molar-refractivity contribution in [2.75, 3.05) is 20.1 Å². The Kier molecular flexibility index (Phi) is 6.30. The monoisotopic (exact) mass is 252 g/mol. The van der Waals surface area contributed by atoms with Gasteiger partial charge in [0.2, 0.25) is 0 Å². The van der Waals surface area contributed by atoms with Gasteiger partial charge in [-0.05, 0) is 33.0 Å². The van der Waals surface area contributed by atoms with E-state index in [9.17, 15) is 4.39 Å². The largest absolute Gasteiger partial charge is 0.329 e. The Balaban J connectivity index is 2.78. The lowest BCUT2D eigenvalue weighted by atomic mass is 10.0. The van der Waals surface area contributed by atoms with Gasteiger partial charge >= 0.3 is 0 Å². The molecule has 2 nitrogen and oxygen atoms in total. The summed E-state index contributed by atoms with van der Waals surface area (Å²) < 4.78 is 13.9. The molecule has 0 aliphatic rings. The normalized spacial score (nSPS) is 13.0. The molecule has 1 aromatic carbocycles. The van der Waals surface area contributed by atoms with E-state index in [4.69, 9.17) is 5.73 Å². The molecule has 0 aromatic heterocycles. The number of nitrogens with zero attached hydrogens (tertiary/aromatic N) is 1. The van der Waals surface area contributed by atoms with E-state index in [2.05, 4.69) is 11.8 Å². The Hall–Kier alpha value is -0.930. The highest BCUT2D eigenvalue weighted by atomic mass is 19.1. The summed E-state index contributed by atoms with van der Waals surface area (Å²) in [5.74, 6) is -0.154. The summed E-state index contributed by atoms with van der Waals surface area (Å²) in [6.45, 7) is 5.57. The van der Waals surface area contributed by atoms with Gasteiger partial charge in [0.15, 0.2) is 0 Å². The highest BCUT2D eigenvalue weighted by Gasteiger charge is 2.18. The molecule has 0 heterocycles. The minimum Gasteiger partial charge on any atom is -0.329 e. The van der Waals surface area contributed by atoms with Crippen LogP contribution < -0.4 is 5.73 Å². The van der Waals surface area contributed by atoms with E-state index >= 15 is 0 Å². The van der Waals surface area contributed by atoms with Crippen molar-refractivity contribution in [3.8, 4) is 0 Å². The van der Waals surface area contributed by atoms with Crippen LogP contribution >= 0.6 is 0 Å². The van der Waals surface area contributed by atoms with Crippen LogP contribution in [0.25, 0.3) is 0 Å². The lowest BCUT2D eigenvalue weighted by Gasteiger charge is -2.28. The smallest absolute Gasteiger partial charge is 0.128 e. The number of hydrogen-bond donors (Lipinski definition) is 1. The molecule has 2 N–H and O–H groups in total. The Morgan fingerprint density at radius 2 is 2.06 bits per heavy atom. The molecule has 18 heavy (non-hydrogen) atoms. The second-order valence-corrected chi connectivity index (χ2v) is 4.96. The molecule has 0 spiro atoms. The van der Waals surface area contributed by atoms with Crippen LogP contribution in [0.15, 0.2) is 18.2 Å². The molecule has 1 rings (SSSR count). The zero-order valence-electron chi connectivity index (χ0n) is 11.7. The van der Waals surface area contributed by atoms with Crippen LogP contribution in [0.5, 0.6) is 0 Å². The minimum atomic E-state index is -0.154. The third kappa shape index (κ3) is 4.07. The van der Waals surface area contributed by atoms with Gasteiger partial charge in [0.25, 0.3) is 0 Å². The van der Waals surface area contributed by atoms with Crippen LogP contribution in [-0.4, -0.2) is 25.0 Å². The molecule has 0 aliphatic heterocycles. The summed E-state index contributed by atoms with van der Waals surface area (Å²) in [6.07, 6.45) is 3.54. The van der Waals surface area contributed by atoms with Crippen molar-refractivity contribution in [2.45, 2.75) is 39.2 Å². The Labute approximate surface area is 110 Å². The van der Waals surface area contributed by atoms with E-state index in [1.165, 1.54) is 18.9 Å². The molecular formula is C15H25FN2. The number of halogens is 1. The second kappa shape index (κ2) is 7.49. The number of hydrogen-bond acceptors (Lipinski definition) is 2. The summed E-state index contributed by atoms with van der Waals surface area (Å²) in [6, 6.07) is 5.21. The Morgan fingerprint density at radius 3 is 2.67 bits per heavy atom. The molecule has 102 valence electrons. The summed E-state index contributed by atoms with van der Waals surface area (Å²) >= 11 is 0. The van der Waals surface area contributed by atoms with E-state index in [1.807, 2.05) is 20.0 Å². The van der Waals surface area contributed by atoms with E-state index < -0.39 is 0 Å². The first-order valence-electron chi connectivity index (χ1n) is 6.76. The van der Waals surface area contributed by atoms with Crippen molar-refractivity contribution in [3.05, 3.63) is 35.1 Å². The first-order valence-corrected chi connectivity index (χ1v) is 6.76. The number of nitrogens with two attached hydrogens (primary N) is 1. The van der Waals surface area contributed by atoms with Crippen LogP contribution in [-0.2, 0) is 0 Å². The molecule has 0 aliphatic carbocycles. The number of unbranched alkanes of at least 4 members (excludes halogenated alkanes) is 2. The molecule has 0 saturated carbocycles. The highest BCUT2D eigenvalue weighted by molar-refractivity contribution is 5.27. The zero-order valence-corrected chi connectivity index (χ0v) is 11.7. The highest BCUT2D eigenvalue weighted by Crippen LogP contribution is 2.23.